The zero-order chi connectivity index (χ0) is 17.2. The third-order valence-electron chi connectivity index (χ3n) is 3.03. The number of halogens is 5. The molecular formula is C15H10F5NO2. The van der Waals surface area contributed by atoms with E-state index in [1.165, 1.54) is 30.3 Å². The van der Waals surface area contributed by atoms with Crippen LogP contribution in [0.25, 0.3) is 0 Å². The van der Waals surface area contributed by atoms with E-state index in [2.05, 4.69) is 0 Å². The largest absolute Gasteiger partial charge is 0.477 e. The van der Waals surface area contributed by atoms with Gasteiger partial charge in [0.15, 0.2) is 0 Å². The number of carboxylic acids is 1. The quantitative estimate of drug-likeness (QED) is 0.818. The first-order valence-corrected chi connectivity index (χ1v) is 6.30. The van der Waals surface area contributed by atoms with Gasteiger partial charge in [-0.3, -0.25) is 0 Å². The van der Waals surface area contributed by atoms with Gasteiger partial charge in [0, 0.05) is 5.69 Å². The molecule has 0 saturated carbocycles. The number of carbonyl (C=O) groups is 1. The predicted molar refractivity (Wildman–Crippen MR) is 72.2 cm³/mol. The maximum Gasteiger partial charge on any atom is 0.412 e. The van der Waals surface area contributed by atoms with Gasteiger partial charge >= 0.3 is 12.1 Å². The number of benzene rings is 2. The Morgan fingerprint density at radius 2 is 1.57 bits per heavy atom. The van der Waals surface area contributed by atoms with Crippen LogP contribution in [0.3, 0.4) is 0 Å². The van der Waals surface area contributed by atoms with Crippen LogP contribution in [-0.2, 0) is 0 Å². The zero-order valence-corrected chi connectivity index (χ0v) is 11.4. The van der Waals surface area contributed by atoms with Gasteiger partial charge < -0.3 is 10.4 Å². The second-order valence-corrected chi connectivity index (χ2v) is 4.65. The zero-order valence-electron chi connectivity index (χ0n) is 11.4. The molecule has 0 bridgehead atoms. The Labute approximate surface area is 127 Å². The molecule has 3 nitrogen and oxygen atoms in total. The van der Waals surface area contributed by atoms with Crippen LogP contribution in [0.5, 0.6) is 0 Å². The fourth-order valence-corrected chi connectivity index (χ4v) is 2.03. The van der Waals surface area contributed by atoms with Crippen molar-refractivity contribution in [1.82, 2.24) is 0 Å². The summed E-state index contributed by atoms with van der Waals surface area (Å²) < 4.78 is 66.6. The highest BCUT2D eigenvalue weighted by Crippen LogP contribution is 2.36. The Morgan fingerprint density at radius 1 is 1.04 bits per heavy atom. The normalized spacial score (nSPS) is 12.7. The summed E-state index contributed by atoms with van der Waals surface area (Å²) in [6.45, 7) is 0. The maximum atomic E-state index is 13.6. The lowest BCUT2D eigenvalue weighted by Gasteiger charge is -2.23. The minimum Gasteiger partial charge on any atom is -0.477 e. The van der Waals surface area contributed by atoms with Crippen LogP contribution >= 0.6 is 0 Å². The number of anilines is 1. The van der Waals surface area contributed by atoms with Gasteiger partial charge in [-0.25, -0.2) is 13.6 Å². The van der Waals surface area contributed by atoms with Crippen molar-refractivity contribution in [3.8, 4) is 0 Å². The molecule has 122 valence electrons. The number of hydrogen-bond donors (Lipinski definition) is 2. The summed E-state index contributed by atoms with van der Waals surface area (Å²) in [6, 6.07) is 5.56. The summed E-state index contributed by atoms with van der Waals surface area (Å²) in [5.74, 6) is -4.77. The molecule has 0 aliphatic carbocycles. The minimum atomic E-state index is -4.72. The summed E-state index contributed by atoms with van der Waals surface area (Å²) in [5.41, 5.74) is -1.89. The second-order valence-electron chi connectivity index (χ2n) is 4.65. The summed E-state index contributed by atoms with van der Waals surface area (Å²) >= 11 is 0. The molecule has 2 aromatic carbocycles. The van der Waals surface area contributed by atoms with Crippen LogP contribution in [0, 0.1) is 11.6 Å². The van der Waals surface area contributed by atoms with Gasteiger partial charge in [0.2, 0.25) is 0 Å². The Morgan fingerprint density at radius 3 is 2.00 bits per heavy atom. The highest BCUT2D eigenvalue weighted by atomic mass is 19.4. The van der Waals surface area contributed by atoms with Crippen molar-refractivity contribution in [1.29, 1.82) is 0 Å². The van der Waals surface area contributed by atoms with Crippen LogP contribution in [0.1, 0.15) is 22.0 Å². The van der Waals surface area contributed by atoms with E-state index in [4.69, 9.17) is 5.11 Å². The van der Waals surface area contributed by atoms with Gasteiger partial charge in [-0.2, -0.15) is 13.2 Å². The molecule has 0 saturated heterocycles. The summed E-state index contributed by atoms with van der Waals surface area (Å²) in [4.78, 5) is 10.7. The fraction of sp³-hybridized carbons (Fsp3) is 0.133. The number of carboxylic acid groups (broad SMARTS) is 1. The molecule has 1 atom stereocenters. The van der Waals surface area contributed by atoms with E-state index in [0.717, 1.165) is 0 Å². The van der Waals surface area contributed by atoms with Crippen LogP contribution in [0.2, 0.25) is 0 Å². The van der Waals surface area contributed by atoms with E-state index in [1.54, 1.807) is 0 Å². The molecule has 8 heteroatoms. The molecular weight excluding hydrogens is 321 g/mol. The highest BCUT2D eigenvalue weighted by molar-refractivity contribution is 5.88. The summed E-state index contributed by atoms with van der Waals surface area (Å²) in [6.07, 6.45) is -4.72. The van der Waals surface area contributed by atoms with E-state index in [1.807, 2.05) is 5.32 Å². The molecule has 0 spiro atoms. The second kappa shape index (κ2) is 6.23. The number of nitrogens with one attached hydrogen (secondary N) is 1. The highest BCUT2D eigenvalue weighted by Gasteiger charge is 2.41. The van der Waals surface area contributed by atoms with E-state index in [9.17, 15) is 26.7 Å². The standard InChI is InChI=1S/C15H10F5NO2/c16-10-6-9(7-11(17)12(10)14(22)23)21-13(15(18,19)20)8-4-2-1-3-5-8/h1-7,13,21H,(H,22,23). The summed E-state index contributed by atoms with van der Waals surface area (Å²) in [5, 5.41) is 10.6. The topological polar surface area (TPSA) is 49.3 Å². The Kier molecular flexibility index (Phi) is 4.53. The first-order chi connectivity index (χ1) is 10.7. The van der Waals surface area contributed by atoms with Gasteiger partial charge in [-0.05, 0) is 17.7 Å². The molecule has 0 fully saturated rings. The van der Waals surface area contributed by atoms with Crippen LogP contribution in [0.15, 0.2) is 42.5 Å². The SMILES string of the molecule is O=C(O)c1c(F)cc(NC(c2ccccc2)C(F)(F)F)cc1F. The average Bonchev–Trinajstić information content (AvgIpc) is 2.43. The Hall–Kier alpha value is -2.64. The van der Waals surface area contributed by atoms with E-state index in [-0.39, 0.29) is 5.56 Å². The van der Waals surface area contributed by atoms with Gasteiger partial charge in [0.05, 0.1) is 0 Å². The average molecular weight is 331 g/mol. The Bertz CT molecular complexity index is 693. The number of rotatable bonds is 4. The van der Waals surface area contributed by atoms with Gasteiger partial charge in [0.1, 0.15) is 23.2 Å². The molecule has 0 heterocycles. The number of aromatic carboxylic acids is 1. The number of alkyl halides is 3. The summed E-state index contributed by atoms with van der Waals surface area (Å²) in [7, 11) is 0. The molecule has 0 radical (unpaired) electrons. The number of hydrogen-bond acceptors (Lipinski definition) is 2. The van der Waals surface area contributed by atoms with E-state index in [0.29, 0.717) is 12.1 Å². The molecule has 2 N–H and O–H groups in total. The van der Waals surface area contributed by atoms with Crippen molar-refractivity contribution in [3.05, 3.63) is 65.2 Å². The first kappa shape index (κ1) is 16.7. The van der Waals surface area contributed by atoms with Crippen molar-refractivity contribution in [3.63, 3.8) is 0 Å². The van der Waals surface area contributed by atoms with Crippen LogP contribution in [-0.4, -0.2) is 17.3 Å². The van der Waals surface area contributed by atoms with E-state index < -0.39 is 41.1 Å². The van der Waals surface area contributed by atoms with Crippen molar-refractivity contribution in [2.75, 3.05) is 5.32 Å². The van der Waals surface area contributed by atoms with Gasteiger partial charge in [-0.15, -0.1) is 0 Å². The van der Waals surface area contributed by atoms with Gasteiger partial charge in [-0.1, -0.05) is 30.3 Å². The lowest BCUT2D eigenvalue weighted by atomic mass is 10.1. The third kappa shape index (κ3) is 3.77. The molecule has 0 aliphatic heterocycles. The van der Waals surface area contributed by atoms with Crippen molar-refractivity contribution >= 4 is 11.7 Å². The predicted octanol–water partition coefficient (Wildman–Crippen LogP) is 4.38. The molecule has 2 aromatic rings. The van der Waals surface area contributed by atoms with Gasteiger partial charge in [0.25, 0.3) is 0 Å². The lowest BCUT2D eigenvalue weighted by molar-refractivity contribution is -0.144. The molecule has 1 unspecified atom stereocenters. The van der Waals surface area contributed by atoms with E-state index >= 15 is 0 Å². The Balaban J connectivity index is 2.40. The lowest BCUT2D eigenvalue weighted by Crippen LogP contribution is -2.28. The van der Waals surface area contributed by atoms with Crippen molar-refractivity contribution in [2.24, 2.45) is 0 Å². The molecule has 0 aliphatic rings. The van der Waals surface area contributed by atoms with Crippen LogP contribution in [0.4, 0.5) is 27.6 Å². The molecule has 23 heavy (non-hydrogen) atoms. The first-order valence-electron chi connectivity index (χ1n) is 6.30. The third-order valence-corrected chi connectivity index (χ3v) is 3.03. The molecule has 0 amide bonds. The fourth-order valence-electron chi connectivity index (χ4n) is 2.03. The molecule has 2 rings (SSSR count). The van der Waals surface area contributed by atoms with Crippen LogP contribution < -0.4 is 5.32 Å². The monoisotopic (exact) mass is 331 g/mol. The minimum absolute atomic E-state index is 0.150. The maximum absolute atomic E-state index is 13.6. The smallest absolute Gasteiger partial charge is 0.412 e. The van der Waals surface area contributed by atoms with Crippen molar-refractivity contribution < 1.29 is 31.9 Å². The van der Waals surface area contributed by atoms with Crippen molar-refractivity contribution in [2.45, 2.75) is 12.2 Å². The molecule has 0 aromatic heterocycles.